The van der Waals surface area contributed by atoms with E-state index in [2.05, 4.69) is 10.3 Å². The molecule has 0 spiro atoms. The maximum absolute atomic E-state index is 13.4. The van der Waals surface area contributed by atoms with Gasteiger partial charge in [-0.2, -0.15) is 0 Å². The first kappa shape index (κ1) is 21.2. The number of nitrogens with zero attached hydrogens (tertiary/aromatic N) is 3. The number of rotatable bonds is 4. The fraction of sp³-hybridized carbons (Fsp3) is 0.200. The Morgan fingerprint density at radius 1 is 0.938 bits per heavy atom. The lowest BCUT2D eigenvalue weighted by molar-refractivity contribution is -0.116. The van der Waals surface area contributed by atoms with Gasteiger partial charge in [-0.15, -0.1) is 0 Å². The molecule has 0 saturated heterocycles. The number of carbonyl (C=O) groups is 1. The van der Waals surface area contributed by atoms with Gasteiger partial charge in [-0.1, -0.05) is 30.3 Å². The maximum atomic E-state index is 13.4. The first-order valence-corrected chi connectivity index (χ1v) is 10.3. The van der Waals surface area contributed by atoms with Gasteiger partial charge in [0.05, 0.1) is 11.1 Å². The molecule has 4 rings (SSSR count). The molecule has 1 N–H and O–H groups in total. The molecule has 2 aromatic heterocycles. The highest BCUT2D eigenvalue weighted by Gasteiger charge is 2.19. The van der Waals surface area contributed by atoms with Crippen LogP contribution in [0.15, 0.2) is 64.2 Å². The van der Waals surface area contributed by atoms with Crippen LogP contribution in [-0.4, -0.2) is 20.0 Å². The number of nitrogens with one attached hydrogen (secondary N) is 1. The quantitative estimate of drug-likeness (QED) is 0.540. The maximum Gasteiger partial charge on any atom is 0.337 e. The monoisotopic (exact) mass is 428 g/mol. The number of pyridine rings is 1. The Morgan fingerprint density at radius 2 is 1.66 bits per heavy atom. The average molecular weight is 428 g/mol. The molecule has 0 aliphatic heterocycles. The van der Waals surface area contributed by atoms with Gasteiger partial charge in [0.25, 0.3) is 5.56 Å². The molecule has 2 heterocycles. The van der Waals surface area contributed by atoms with Gasteiger partial charge in [-0.3, -0.25) is 9.59 Å². The number of carbonyl (C=O) groups excluding carboxylic acids is 1. The molecule has 1 amide bonds. The van der Waals surface area contributed by atoms with Crippen LogP contribution in [-0.2, 0) is 11.3 Å². The zero-order chi connectivity index (χ0) is 23.0. The van der Waals surface area contributed by atoms with Crippen LogP contribution < -0.4 is 16.6 Å². The SMILES string of the molecule is Cc1ccc(C)c(NC(=O)Cn2c(=O)c3c(C)cc(C)nc3n(-c3ccccc3)c2=O)c1. The molecule has 0 saturated carbocycles. The van der Waals surface area contributed by atoms with Crippen molar-refractivity contribution in [3.8, 4) is 5.69 Å². The van der Waals surface area contributed by atoms with Gasteiger partial charge in [-0.05, 0) is 68.7 Å². The fourth-order valence-electron chi connectivity index (χ4n) is 3.83. The van der Waals surface area contributed by atoms with Crippen LogP contribution in [0.2, 0.25) is 0 Å². The van der Waals surface area contributed by atoms with E-state index in [4.69, 9.17) is 0 Å². The Balaban J connectivity index is 1.88. The van der Waals surface area contributed by atoms with E-state index in [0.29, 0.717) is 28.0 Å². The molecule has 4 aromatic rings. The third-order valence-corrected chi connectivity index (χ3v) is 5.40. The number of benzene rings is 2. The molecule has 0 unspecified atom stereocenters. The summed E-state index contributed by atoms with van der Waals surface area (Å²) < 4.78 is 2.36. The normalized spacial score (nSPS) is 11.0. The molecule has 0 aliphatic carbocycles. The van der Waals surface area contributed by atoms with E-state index in [-0.39, 0.29) is 5.65 Å². The molecule has 162 valence electrons. The van der Waals surface area contributed by atoms with Crippen LogP contribution >= 0.6 is 0 Å². The minimum Gasteiger partial charge on any atom is -0.324 e. The van der Waals surface area contributed by atoms with E-state index in [9.17, 15) is 14.4 Å². The summed E-state index contributed by atoms with van der Waals surface area (Å²) in [6, 6.07) is 16.5. The lowest BCUT2D eigenvalue weighted by atomic mass is 10.1. The van der Waals surface area contributed by atoms with Crippen molar-refractivity contribution in [2.45, 2.75) is 34.2 Å². The lowest BCUT2D eigenvalue weighted by Crippen LogP contribution is -2.42. The number of aromatic nitrogens is 3. The molecule has 7 nitrogen and oxygen atoms in total. The Kier molecular flexibility index (Phi) is 5.48. The molecule has 32 heavy (non-hydrogen) atoms. The summed E-state index contributed by atoms with van der Waals surface area (Å²) in [6.45, 7) is 7.03. The Bertz CT molecular complexity index is 1470. The van der Waals surface area contributed by atoms with Gasteiger partial charge in [0.1, 0.15) is 6.54 Å². The van der Waals surface area contributed by atoms with E-state index in [1.807, 2.05) is 45.0 Å². The fourth-order valence-corrected chi connectivity index (χ4v) is 3.83. The average Bonchev–Trinajstić information content (AvgIpc) is 2.74. The van der Waals surface area contributed by atoms with Gasteiger partial charge in [0, 0.05) is 11.4 Å². The van der Waals surface area contributed by atoms with Gasteiger partial charge >= 0.3 is 5.69 Å². The van der Waals surface area contributed by atoms with Crippen LogP contribution in [0.1, 0.15) is 22.4 Å². The largest absolute Gasteiger partial charge is 0.337 e. The molecule has 0 aliphatic rings. The Labute approximate surface area is 185 Å². The number of para-hydroxylation sites is 1. The summed E-state index contributed by atoms with van der Waals surface area (Å²) in [4.78, 5) is 44.1. The smallest absolute Gasteiger partial charge is 0.324 e. The van der Waals surface area contributed by atoms with E-state index in [1.54, 1.807) is 37.3 Å². The van der Waals surface area contributed by atoms with Crippen LogP contribution in [0, 0.1) is 27.7 Å². The minimum atomic E-state index is -0.609. The summed E-state index contributed by atoms with van der Waals surface area (Å²) in [5.74, 6) is -0.449. The number of aryl methyl sites for hydroxylation is 4. The second kappa shape index (κ2) is 8.26. The highest BCUT2D eigenvalue weighted by atomic mass is 16.2. The second-order valence-electron chi connectivity index (χ2n) is 7.99. The Morgan fingerprint density at radius 3 is 2.38 bits per heavy atom. The molecule has 0 atom stereocenters. The van der Waals surface area contributed by atoms with Gasteiger partial charge < -0.3 is 5.32 Å². The van der Waals surface area contributed by atoms with Crippen LogP contribution in [0.5, 0.6) is 0 Å². The van der Waals surface area contributed by atoms with Crippen molar-refractivity contribution < 1.29 is 4.79 Å². The van der Waals surface area contributed by atoms with Crippen molar-refractivity contribution in [2.75, 3.05) is 5.32 Å². The first-order chi connectivity index (χ1) is 15.3. The van der Waals surface area contributed by atoms with Crippen molar-refractivity contribution in [3.63, 3.8) is 0 Å². The second-order valence-corrected chi connectivity index (χ2v) is 7.99. The number of fused-ring (bicyclic) bond motifs is 1. The Hall–Kier alpha value is -4.00. The first-order valence-electron chi connectivity index (χ1n) is 10.3. The van der Waals surface area contributed by atoms with Crippen LogP contribution in [0.4, 0.5) is 5.69 Å². The highest BCUT2D eigenvalue weighted by molar-refractivity contribution is 5.91. The summed E-state index contributed by atoms with van der Waals surface area (Å²) in [7, 11) is 0. The number of amides is 1. The zero-order valence-corrected chi connectivity index (χ0v) is 18.5. The van der Waals surface area contributed by atoms with E-state index in [1.165, 1.54) is 4.57 Å². The standard InChI is InChI=1S/C25H24N4O3/c1-15-10-11-16(2)20(12-15)27-21(30)14-28-24(31)22-17(3)13-18(4)26-23(22)29(25(28)32)19-8-6-5-7-9-19/h5-13H,14H2,1-4H3,(H,27,30). The summed E-state index contributed by atoms with van der Waals surface area (Å²) in [5.41, 5.74) is 3.67. The van der Waals surface area contributed by atoms with Gasteiger partial charge in [0.15, 0.2) is 5.65 Å². The van der Waals surface area contributed by atoms with Crippen LogP contribution in [0.25, 0.3) is 16.7 Å². The summed E-state index contributed by atoms with van der Waals surface area (Å²) in [6.07, 6.45) is 0. The predicted octanol–water partition coefficient (Wildman–Crippen LogP) is 3.42. The van der Waals surface area contributed by atoms with Crippen molar-refractivity contribution >= 4 is 22.6 Å². The predicted molar refractivity (Wildman–Crippen MR) is 126 cm³/mol. The number of hydrogen-bond acceptors (Lipinski definition) is 4. The zero-order valence-electron chi connectivity index (χ0n) is 18.5. The van der Waals surface area contributed by atoms with Crippen LogP contribution in [0.3, 0.4) is 0 Å². The third-order valence-electron chi connectivity index (χ3n) is 5.40. The molecule has 0 fully saturated rings. The van der Waals surface area contributed by atoms with E-state index in [0.717, 1.165) is 15.7 Å². The molecule has 0 bridgehead atoms. The molecule has 7 heteroatoms. The number of hydrogen-bond donors (Lipinski definition) is 1. The van der Waals surface area contributed by atoms with Gasteiger partial charge in [0.2, 0.25) is 5.91 Å². The molecule has 2 aromatic carbocycles. The highest BCUT2D eigenvalue weighted by Crippen LogP contribution is 2.18. The van der Waals surface area contributed by atoms with Crippen molar-refractivity contribution in [1.29, 1.82) is 0 Å². The third kappa shape index (κ3) is 3.85. The van der Waals surface area contributed by atoms with Crippen molar-refractivity contribution in [1.82, 2.24) is 14.1 Å². The summed E-state index contributed by atoms with van der Waals surface area (Å²) in [5, 5.41) is 3.14. The van der Waals surface area contributed by atoms with E-state index >= 15 is 0 Å². The van der Waals surface area contributed by atoms with Gasteiger partial charge in [-0.25, -0.2) is 18.9 Å². The van der Waals surface area contributed by atoms with Crippen molar-refractivity contribution in [3.05, 3.63) is 97.8 Å². The van der Waals surface area contributed by atoms with E-state index < -0.39 is 23.7 Å². The summed E-state index contributed by atoms with van der Waals surface area (Å²) >= 11 is 0. The van der Waals surface area contributed by atoms with Crippen molar-refractivity contribution in [2.24, 2.45) is 0 Å². The topological polar surface area (TPSA) is 86.0 Å². The lowest BCUT2D eigenvalue weighted by Gasteiger charge is -2.15. The molecular formula is C25H24N4O3. The molecule has 0 radical (unpaired) electrons. The minimum absolute atomic E-state index is 0.287. The number of anilines is 1. The molecular weight excluding hydrogens is 404 g/mol.